The number of benzene rings is 1. The molecule has 1 aromatic rings. The minimum atomic E-state index is -3.61. The Morgan fingerprint density at radius 2 is 2.04 bits per heavy atom. The SMILES string of the molecule is CCC[C@@H](C)NC(=O)COc1ccc(S(=O)(=O)NC2CCCC2)cc1Cl. The molecule has 1 aliphatic rings. The summed E-state index contributed by atoms with van der Waals surface area (Å²) in [6.45, 7) is 3.82. The quantitative estimate of drug-likeness (QED) is 0.664. The molecule has 0 spiro atoms. The lowest BCUT2D eigenvalue weighted by atomic mass is 10.2. The number of carbonyl (C=O) groups excluding carboxylic acids is 1. The summed E-state index contributed by atoms with van der Waals surface area (Å²) < 4.78 is 33.0. The van der Waals surface area contributed by atoms with E-state index >= 15 is 0 Å². The van der Waals surface area contributed by atoms with Crippen molar-refractivity contribution >= 4 is 27.5 Å². The molecule has 0 aromatic heterocycles. The predicted octanol–water partition coefficient (Wildman–Crippen LogP) is 3.24. The monoisotopic (exact) mass is 402 g/mol. The first-order chi connectivity index (χ1) is 12.3. The highest BCUT2D eigenvalue weighted by Crippen LogP contribution is 2.28. The number of carbonyl (C=O) groups is 1. The van der Waals surface area contributed by atoms with Gasteiger partial charge in [-0.25, -0.2) is 13.1 Å². The Hall–Kier alpha value is -1.31. The number of halogens is 1. The van der Waals surface area contributed by atoms with Gasteiger partial charge < -0.3 is 10.1 Å². The maximum Gasteiger partial charge on any atom is 0.258 e. The molecule has 0 bridgehead atoms. The maximum absolute atomic E-state index is 12.4. The molecule has 0 radical (unpaired) electrons. The molecule has 146 valence electrons. The van der Waals surface area contributed by atoms with Gasteiger partial charge in [0.25, 0.3) is 5.91 Å². The minimum absolute atomic E-state index is 0.0106. The van der Waals surface area contributed by atoms with Crippen LogP contribution in [0.3, 0.4) is 0 Å². The number of nitrogens with one attached hydrogen (secondary N) is 2. The van der Waals surface area contributed by atoms with Crippen LogP contribution >= 0.6 is 11.6 Å². The Labute approximate surface area is 160 Å². The molecule has 6 nitrogen and oxygen atoms in total. The van der Waals surface area contributed by atoms with Crippen LogP contribution in [0.4, 0.5) is 0 Å². The van der Waals surface area contributed by atoms with Gasteiger partial charge in [0.1, 0.15) is 5.75 Å². The number of sulfonamides is 1. The van der Waals surface area contributed by atoms with Crippen molar-refractivity contribution in [3.63, 3.8) is 0 Å². The molecule has 1 aliphatic carbocycles. The van der Waals surface area contributed by atoms with Crippen molar-refractivity contribution < 1.29 is 17.9 Å². The van der Waals surface area contributed by atoms with Gasteiger partial charge in [0.2, 0.25) is 10.0 Å². The molecule has 2 N–H and O–H groups in total. The lowest BCUT2D eigenvalue weighted by molar-refractivity contribution is -0.123. The summed E-state index contributed by atoms with van der Waals surface area (Å²) in [5, 5.41) is 2.99. The average Bonchev–Trinajstić information content (AvgIpc) is 3.06. The number of hydrogen-bond donors (Lipinski definition) is 2. The fraction of sp³-hybridized carbons (Fsp3) is 0.611. The van der Waals surface area contributed by atoms with Crippen molar-refractivity contribution in [1.29, 1.82) is 0 Å². The van der Waals surface area contributed by atoms with Crippen molar-refractivity contribution in [2.24, 2.45) is 0 Å². The van der Waals surface area contributed by atoms with Crippen LogP contribution in [0.1, 0.15) is 52.4 Å². The van der Waals surface area contributed by atoms with Gasteiger partial charge in [0.05, 0.1) is 9.92 Å². The normalized spacial score (nSPS) is 16.4. The van der Waals surface area contributed by atoms with E-state index in [0.717, 1.165) is 38.5 Å². The van der Waals surface area contributed by atoms with Crippen LogP contribution in [0.25, 0.3) is 0 Å². The summed E-state index contributed by atoms with van der Waals surface area (Å²) in [4.78, 5) is 11.9. The second-order valence-electron chi connectivity index (χ2n) is 6.74. The number of ether oxygens (including phenoxy) is 1. The largest absolute Gasteiger partial charge is 0.482 e. The van der Waals surface area contributed by atoms with Crippen LogP contribution in [-0.2, 0) is 14.8 Å². The first-order valence-corrected chi connectivity index (χ1v) is 10.9. The van der Waals surface area contributed by atoms with E-state index in [1.807, 2.05) is 6.92 Å². The Morgan fingerprint density at radius 1 is 1.35 bits per heavy atom. The molecule has 8 heteroatoms. The van der Waals surface area contributed by atoms with Gasteiger partial charge >= 0.3 is 0 Å². The third-order valence-electron chi connectivity index (χ3n) is 4.38. The van der Waals surface area contributed by atoms with E-state index in [4.69, 9.17) is 16.3 Å². The van der Waals surface area contributed by atoms with Crippen molar-refractivity contribution in [2.45, 2.75) is 69.4 Å². The van der Waals surface area contributed by atoms with Crippen LogP contribution in [0.2, 0.25) is 5.02 Å². The Bertz CT molecular complexity index is 718. The smallest absolute Gasteiger partial charge is 0.258 e. The maximum atomic E-state index is 12.4. The van der Waals surface area contributed by atoms with Gasteiger partial charge in [0, 0.05) is 12.1 Å². The fourth-order valence-corrected chi connectivity index (χ4v) is 4.69. The molecule has 1 amide bonds. The number of amides is 1. The predicted molar refractivity (Wildman–Crippen MR) is 102 cm³/mol. The zero-order valence-corrected chi connectivity index (χ0v) is 16.8. The molecule has 1 atom stereocenters. The van der Waals surface area contributed by atoms with E-state index in [9.17, 15) is 13.2 Å². The van der Waals surface area contributed by atoms with Gasteiger partial charge in [0.15, 0.2) is 6.61 Å². The fourth-order valence-electron chi connectivity index (χ4n) is 3.06. The molecule has 0 saturated heterocycles. The van der Waals surface area contributed by atoms with Crippen LogP contribution in [0.15, 0.2) is 23.1 Å². The van der Waals surface area contributed by atoms with Crippen LogP contribution in [-0.4, -0.2) is 33.0 Å². The van der Waals surface area contributed by atoms with Crippen molar-refractivity contribution in [3.8, 4) is 5.75 Å². The Balaban J connectivity index is 1.95. The lowest BCUT2D eigenvalue weighted by Gasteiger charge is -2.15. The first-order valence-electron chi connectivity index (χ1n) is 9.06. The molecule has 1 aromatic carbocycles. The van der Waals surface area contributed by atoms with Crippen LogP contribution < -0.4 is 14.8 Å². The Morgan fingerprint density at radius 3 is 2.65 bits per heavy atom. The highest BCUT2D eigenvalue weighted by atomic mass is 35.5. The minimum Gasteiger partial charge on any atom is -0.482 e. The first kappa shape index (κ1) is 21.0. The van der Waals surface area contributed by atoms with Crippen molar-refractivity contribution in [2.75, 3.05) is 6.61 Å². The molecule has 1 saturated carbocycles. The van der Waals surface area contributed by atoms with E-state index in [1.54, 1.807) is 0 Å². The molecule has 1 fully saturated rings. The second kappa shape index (κ2) is 9.58. The highest BCUT2D eigenvalue weighted by Gasteiger charge is 2.23. The van der Waals surface area contributed by atoms with Gasteiger partial charge in [-0.15, -0.1) is 0 Å². The molecule has 2 rings (SSSR count). The molecular formula is C18H27ClN2O4S. The summed E-state index contributed by atoms with van der Waals surface area (Å²) in [5.74, 6) is 0.0476. The summed E-state index contributed by atoms with van der Waals surface area (Å²) in [5.41, 5.74) is 0. The van der Waals surface area contributed by atoms with E-state index in [2.05, 4.69) is 17.0 Å². The van der Waals surface area contributed by atoms with Crippen LogP contribution in [0.5, 0.6) is 5.75 Å². The van der Waals surface area contributed by atoms with Crippen molar-refractivity contribution in [3.05, 3.63) is 23.2 Å². The van der Waals surface area contributed by atoms with Gasteiger partial charge in [-0.05, 0) is 44.4 Å². The number of hydrogen-bond acceptors (Lipinski definition) is 4. The summed E-state index contributed by atoms with van der Waals surface area (Å²) in [7, 11) is -3.61. The molecular weight excluding hydrogens is 376 g/mol. The van der Waals surface area contributed by atoms with E-state index in [-0.39, 0.29) is 40.3 Å². The van der Waals surface area contributed by atoms with E-state index < -0.39 is 10.0 Å². The average molecular weight is 403 g/mol. The second-order valence-corrected chi connectivity index (χ2v) is 8.86. The van der Waals surface area contributed by atoms with Gasteiger partial charge in [-0.2, -0.15) is 0 Å². The topological polar surface area (TPSA) is 84.5 Å². The zero-order chi connectivity index (χ0) is 19.2. The third-order valence-corrected chi connectivity index (χ3v) is 6.19. The summed E-state index contributed by atoms with van der Waals surface area (Å²) >= 11 is 6.14. The van der Waals surface area contributed by atoms with E-state index in [1.165, 1.54) is 18.2 Å². The number of rotatable bonds is 9. The van der Waals surface area contributed by atoms with Gasteiger partial charge in [-0.1, -0.05) is 37.8 Å². The standard InChI is InChI=1S/C18H27ClN2O4S/c1-3-6-13(2)20-18(22)12-25-17-10-9-15(11-16(17)19)26(23,24)21-14-7-4-5-8-14/h9-11,13-14,21H,3-8,12H2,1-2H3,(H,20,22)/t13-/m1/s1. The molecule has 26 heavy (non-hydrogen) atoms. The third kappa shape index (κ3) is 6.14. The van der Waals surface area contributed by atoms with E-state index in [0.29, 0.717) is 0 Å². The summed E-state index contributed by atoms with van der Waals surface area (Å²) in [6.07, 6.45) is 5.69. The highest BCUT2D eigenvalue weighted by molar-refractivity contribution is 7.89. The van der Waals surface area contributed by atoms with Crippen LogP contribution in [0, 0.1) is 0 Å². The van der Waals surface area contributed by atoms with Gasteiger partial charge in [-0.3, -0.25) is 4.79 Å². The van der Waals surface area contributed by atoms with Crippen molar-refractivity contribution in [1.82, 2.24) is 10.0 Å². The Kier molecular flexibility index (Phi) is 7.73. The molecule has 0 heterocycles. The molecule has 0 unspecified atom stereocenters. The lowest BCUT2D eigenvalue weighted by Crippen LogP contribution is -2.36. The summed E-state index contributed by atoms with van der Waals surface area (Å²) in [6, 6.07) is 4.35. The molecule has 0 aliphatic heterocycles. The zero-order valence-electron chi connectivity index (χ0n) is 15.3.